The summed E-state index contributed by atoms with van der Waals surface area (Å²) in [4.78, 5) is 22.2. The van der Waals surface area contributed by atoms with E-state index < -0.39 is 0 Å². The fourth-order valence-electron chi connectivity index (χ4n) is 3.43. The number of rotatable bonds is 2. The first kappa shape index (κ1) is 15.4. The summed E-state index contributed by atoms with van der Waals surface area (Å²) in [6.45, 7) is 0.207. The van der Waals surface area contributed by atoms with Crippen LogP contribution in [0.1, 0.15) is 0 Å². The van der Waals surface area contributed by atoms with E-state index >= 15 is 0 Å². The van der Waals surface area contributed by atoms with Crippen LogP contribution in [-0.4, -0.2) is 26.5 Å². The van der Waals surface area contributed by atoms with Gasteiger partial charge in [-0.2, -0.15) is 4.68 Å². The van der Waals surface area contributed by atoms with Gasteiger partial charge in [0.1, 0.15) is 0 Å². The number of nitrogens with zero attached hydrogens (tertiary/aromatic N) is 3. The number of nitrogens with one attached hydrogen (secondary N) is 1. The molecule has 0 atom stereocenters. The molecule has 1 aliphatic rings. The van der Waals surface area contributed by atoms with Gasteiger partial charge in [-0.3, -0.25) is 9.89 Å². The van der Waals surface area contributed by atoms with Crippen molar-refractivity contribution in [3.05, 3.63) is 65.1 Å². The summed E-state index contributed by atoms with van der Waals surface area (Å²) in [5, 5.41) is 4.19. The molecule has 1 N–H and O–H groups in total. The third-order valence-corrected chi connectivity index (χ3v) is 5.76. The molecule has 0 amide bonds. The molecule has 0 spiro atoms. The van der Waals surface area contributed by atoms with E-state index in [1.807, 2.05) is 48.5 Å². The first-order valence-electron chi connectivity index (χ1n) is 8.64. The predicted molar refractivity (Wildman–Crippen MR) is 106 cm³/mol. The SMILES string of the molecule is O=c1c2c(-c3ccc4c(c3)OCO4)ccnc2[nH]n1-c1nc2ccccc2s1. The Morgan fingerprint density at radius 2 is 1.96 bits per heavy atom. The third kappa shape index (κ3) is 2.18. The van der Waals surface area contributed by atoms with Gasteiger partial charge in [0.2, 0.25) is 11.9 Å². The van der Waals surface area contributed by atoms with Crippen LogP contribution in [0.3, 0.4) is 0 Å². The normalized spacial score (nSPS) is 12.9. The number of aromatic amines is 1. The summed E-state index contributed by atoms with van der Waals surface area (Å²) in [6, 6.07) is 15.3. The number of pyridine rings is 1. The highest BCUT2D eigenvalue weighted by Crippen LogP contribution is 2.37. The van der Waals surface area contributed by atoms with Crippen LogP contribution in [0.25, 0.3) is 37.5 Å². The molecule has 0 saturated heterocycles. The van der Waals surface area contributed by atoms with E-state index in [4.69, 9.17) is 9.47 Å². The number of hydrogen-bond donors (Lipinski definition) is 1. The molecule has 136 valence electrons. The smallest absolute Gasteiger partial charge is 0.283 e. The van der Waals surface area contributed by atoms with E-state index in [9.17, 15) is 4.79 Å². The van der Waals surface area contributed by atoms with Crippen molar-refractivity contribution in [1.82, 2.24) is 19.7 Å². The van der Waals surface area contributed by atoms with Gasteiger partial charge in [-0.05, 0) is 41.5 Å². The summed E-state index contributed by atoms with van der Waals surface area (Å²) in [7, 11) is 0. The standard InChI is InChI=1S/C20H12N4O3S/c25-19-17-12(11-5-6-14-15(9-11)27-10-26-14)7-8-21-18(17)23-24(19)20-22-13-3-1-2-4-16(13)28-20/h1-9H,10H2,(H,21,23). The van der Waals surface area contributed by atoms with Gasteiger partial charge < -0.3 is 9.47 Å². The lowest BCUT2D eigenvalue weighted by atomic mass is 10.0. The second-order valence-corrected chi connectivity index (χ2v) is 7.38. The Kier molecular flexibility index (Phi) is 3.12. The average molecular weight is 388 g/mol. The first-order valence-corrected chi connectivity index (χ1v) is 9.45. The van der Waals surface area contributed by atoms with Crippen LogP contribution >= 0.6 is 11.3 Å². The molecular weight excluding hydrogens is 376 g/mol. The molecule has 1 aliphatic heterocycles. The Labute approximate surface area is 161 Å². The second-order valence-electron chi connectivity index (χ2n) is 6.37. The first-order chi connectivity index (χ1) is 13.8. The highest BCUT2D eigenvalue weighted by molar-refractivity contribution is 7.20. The number of hydrogen-bond acceptors (Lipinski definition) is 6. The molecule has 28 heavy (non-hydrogen) atoms. The number of H-pyrrole nitrogens is 1. The minimum absolute atomic E-state index is 0.185. The van der Waals surface area contributed by atoms with Crippen LogP contribution in [0.15, 0.2) is 59.5 Å². The summed E-state index contributed by atoms with van der Waals surface area (Å²) >= 11 is 1.45. The Hall–Kier alpha value is -3.65. The maximum atomic E-state index is 13.2. The maximum absolute atomic E-state index is 13.2. The monoisotopic (exact) mass is 388 g/mol. The zero-order valence-corrected chi connectivity index (χ0v) is 15.2. The van der Waals surface area contributed by atoms with Gasteiger partial charge in [0, 0.05) is 6.20 Å². The van der Waals surface area contributed by atoms with Crippen molar-refractivity contribution in [2.45, 2.75) is 0 Å². The lowest BCUT2D eigenvalue weighted by Crippen LogP contribution is -2.14. The lowest BCUT2D eigenvalue weighted by Gasteiger charge is -2.03. The maximum Gasteiger partial charge on any atom is 0.283 e. The van der Waals surface area contributed by atoms with Gasteiger partial charge in [-0.15, -0.1) is 0 Å². The fourth-order valence-corrected chi connectivity index (χ4v) is 4.35. The third-order valence-electron chi connectivity index (χ3n) is 4.74. The van der Waals surface area contributed by atoms with Crippen molar-refractivity contribution in [2.75, 3.05) is 6.79 Å². The van der Waals surface area contributed by atoms with Crippen LogP contribution in [0.4, 0.5) is 0 Å². The molecule has 0 radical (unpaired) electrons. The van der Waals surface area contributed by atoms with Gasteiger partial charge in [0.05, 0.1) is 15.6 Å². The van der Waals surface area contributed by atoms with E-state index in [0.29, 0.717) is 27.7 Å². The summed E-state index contributed by atoms with van der Waals surface area (Å²) in [5.41, 5.74) is 2.83. The van der Waals surface area contributed by atoms with Crippen LogP contribution in [0.5, 0.6) is 11.5 Å². The predicted octanol–water partition coefficient (Wildman–Crippen LogP) is 3.72. The Bertz CT molecular complexity index is 1400. The number of fused-ring (bicyclic) bond motifs is 3. The zero-order chi connectivity index (χ0) is 18.7. The molecule has 7 nitrogen and oxygen atoms in total. The van der Waals surface area contributed by atoms with Crippen molar-refractivity contribution in [2.24, 2.45) is 0 Å². The van der Waals surface area contributed by atoms with E-state index in [1.54, 1.807) is 6.20 Å². The minimum Gasteiger partial charge on any atom is -0.454 e. The molecule has 4 heterocycles. The quantitative estimate of drug-likeness (QED) is 0.498. The molecule has 6 rings (SSSR count). The average Bonchev–Trinajstić information content (AvgIpc) is 3.43. The molecule has 0 saturated carbocycles. The molecule has 0 aliphatic carbocycles. The van der Waals surface area contributed by atoms with E-state index in [-0.39, 0.29) is 12.4 Å². The molecule has 5 aromatic rings. The topological polar surface area (TPSA) is 82.0 Å². The van der Waals surface area contributed by atoms with Crippen LogP contribution in [-0.2, 0) is 0 Å². The molecule has 2 aromatic carbocycles. The van der Waals surface area contributed by atoms with Gasteiger partial charge in [0.15, 0.2) is 17.1 Å². The Morgan fingerprint density at radius 3 is 2.89 bits per heavy atom. The van der Waals surface area contributed by atoms with Gasteiger partial charge >= 0.3 is 0 Å². The Morgan fingerprint density at radius 1 is 1.07 bits per heavy atom. The second kappa shape index (κ2) is 5.67. The summed E-state index contributed by atoms with van der Waals surface area (Å²) < 4.78 is 13.3. The number of thiazole rings is 1. The molecule has 8 heteroatoms. The highest BCUT2D eigenvalue weighted by atomic mass is 32.1. The van der Waals surface area contributed by atoms with Crippen LogP contribution < -0.4 is 15.0 Å². The summed E-state index contributed by atoms with van der Waals surface area (Å²) in [6.07, 6.45) is 1.68. The van der Waals surface area contributed by atoms with E-state index in [0.717, 1.165) is 21.3 Å². The number of aromatic nitrogens is 4. The van der Waals surface area contributed by atoms with Gasteiger partial charge in [-0.1, -0.05) is 29.5 Å². The summed E-state index contributed by atoms with van der Waals surface area (Å²) in [5.74, 6) is 1.37. The number of ether oxygens (including phenoxy) is 2. The van der Waals surface area contributed by atoms with Crippen LogP contribution in [0.2, 0.25) is 0 Å². The van der Waals surface area contributed by atoms with Crippen molar-refractivity contribution in [3.8, 4) is 27.8 Å². The zero-order valence-electron chi connectivity index (χ0n) is 14.4. The van der Waals surface area contributed by atoms with Crippen molar-refractivity contribution in [3.63, 3.8) is 0 Å². The highest BCUT2D eigenvalue weighted by Gasteiger charge is 2.19. The number of para-hydroxylation sites is 1. The molecule has 0 unspecified atom stereocenters. The molecule has 0 bridgehead atoms. The molecule has 3 aromatic heterocycles. The van der Waals surface area contributed by atoms with Crippen molar-refractivity contribution in [1.29, 1.82) is 0 Å². The fraction of sp³-hybridized carbons (Fsp3) is 0.0500. The largest absolute Gasteiger partial charge is 0.454 e. The van der Waals surface area contributed by atoms with Gasteiger partial charge in [0.25, 0.3) is 5.56 Å². The minimum atomic E-state index is -0.185. The molecule has 0 fully saturated rings. The Balaban J connectivity index is 1.57. The van der Waals surface area contributed by atoms with Gasteiger partial charge in [-0.25, -0.2) is 9.97 Å². The lowest BCUT2D eigenvalue weighted by molar-refractivity contribution is 0.174. The van der Waals surface area contributed by atoms with Crippen molar-refractivity contribution < 1.29 is 9.47 Å². The molecular formula is C20H12N4O3S. The van der Waals surface area contributed by atoms with Crippen molar-refractivity contribution >= 4 is 32.6 Å². The van der Waals surface area contributed by atoms with E-state index in [1.165, 1.54) is 16.0 Å². The van der Waals surface area contributed by atoms with Crippen LogP contribution in [0, 0.1) is 0 Å². The number of benzene rings is 2. The van der Waals surface area contributed by atoms with E-state index in [2.05, 4.69) is 15.1 Å².